The lowest BCUT2D eigenvalue weighted by atomic mass is 10.1. The molecule has 1 aromatic carbocycles. The number of methoxy groups -OCH3 is 1. The summed E-state index contributed by atoms with van der Waals surface area (Å²) in [4.78, 5) is 7.05. The van der Waals surface area contributed by atoms with Crippen LogP contribution >= 0.6 is 24.0 Å². The molecule has 1 aliphatic heterocycles. The molecule has 8 heteroatoms. The van der Waals surface area contributed by atoms with Crippen molar-refractivity contribution >= 4 is 29.9 Å². The first-order valence-corrected chi connectivity index (χ1v) is 10.7. The van der Waals surface area contributed by atoms with E-state index in [1.54, 1.807) is 7.11 Å². The van der Waals surface area contributed by atoms with E-state index in [4.69, 9.17) is 9.47 Å². The average Bonchev–Trinajstić information content (AvgIpc) is 2.72. The fourth-order valence-electron chi connectivity index (χ4n) is 3.39. The highest BCUT2D eigenvalue weighted by Crippen LogP contribution is 2.13. The molecular weight excluding hydrogens is 495 g/mol. The van der Waals surface area contributed by atoms with Crippen LogP contribution in [-0.2, 0) is 4.74 Å². The highest BCUT2D eigenvalue weighted by Gasteiger charge is 2.19. The highest BCUT2D eigenvalue weighted by atomic mass is 127. The Bertz CT molecular complexity index is 610. The number of aryl methyl sites for hydroxylation is 1. The Labute approximate surface area is 198 Å². The van der Waals surface area contributed by atoms with Crippen LogP contribution in [0.3, 0.4) is 0 Å². The monoisotopic (exact) mass is 534 g/mol. The van der Waals surface area contributed by atoms with Crippen LogP contribution in [0.5, 0.6) is 5.75 Å². The fraction of sp³-hybridized carbons (Fsp3) is 0.682. The van der Waals surface area contributed by atoms with E-state index in [-0.39, 0.29) is 30.6 Å². The molecule has 30 heavy (non-hydrogen) atoms. The number of aliphatic imine (C=N–C) groups is 1. The van der Waals surface area contributed by atoms with Crippen molar-refractivity contribution in [3.63, 3.8) is 0 Å². The summed E-state index contributed by atoms with van der Waals surface area (Å²) in [7, 11) is 1.75. The number of ether oxygens (including phenoxy) is 2. The van der Waals surface area contributed by atoms with Crippen LogP contribution < -0.4 is 15.4 Å². The van der Waals surface area contributed by atoms with Gasteiger partial charge >= 0.3 is 0 Å². The maximum Gasteiger partial charge on any atom is 0.191 e. The van der Waals surface area contributed by atoms with Crippen molar-refractivity contribution in [3.8, 4) is 5.75 Å². The summed E-state index contributed by atoms with van der Waals surface area (Å²) in [6.07, 6.45) is 2.63. The van der Waals surface area contributed by atoms with Crippen LogP contribution in [0.1, 0.15) is 31.7 Å². The maximum absolute atomic E-state index is 10.2. The Morgan fingerprint density at radius 2 is 2.10 bits per heavy atom. The summed E-state index contributed by atoms with van der Waals surface area (Å²) < 4.78 is 10.8. The molecule has 172 valence electrons. The van der Waals surface area contributed by atoms with E-state index in [1.807, 2.05) is 38.1 Å². The zero-order chi connectivity index (χ0) is 20.9. The van der Waals surface area contributed by atoms with Gasteiger partial charge in [0.05, 0.1) is 6.54 Å². The molecule has 0 aromatic heterocycles. The molecule has 3 N–H and O–H groups in total. The van der Waals surface area contributed by atoms with Crippen molar-refractivity contribution in [1.29, 1.82) is 0 Å². The first-order chi connectivity index (χ1) is 14.1. The second-order valence-corrected chi connectivity index (χ2v) is 7.61. The number of aliphatic hydroxyl groups excluding tert-OH is 1. The Balaban J connectivity index is 0.00000450. The molecule has 1 unspecified atom stereocenters. The lowest BCUT2D eigenvalue weighted by Crippen LogP contribution is -2.49. The Hall–Kier alpha value is -1.10. The van der Waals surface area contributed by atoms with E-state index in [9.17, 15) is 5.11 Å². The maximum atomic E-state index is 10.2. The second kappa shape index (κ2) is 15.7. The summed E-state index contributed by atoms with van der Waals surface area (Å²) in [5, 5.41) is 17.0. The number of hydrogen-bond acceptors (Lipinski definition) is 5. The number of nitrogens with one attached hydrogen (secondary N) is 2. The molecule has 1 aliphatic rings. The molecule has 2 rings (SSSR count). The van der Waals surface area contributed by atoms with Gasteiger partial charge in [0, 0.05) is 45.9 Å². The Kier molecular flexibility index (Phi) is 14.1. The van der Waals surface area contributed by atoms with Gasteiger partial charge in [-0.25, -0.2) is 0 Å². The minimum atomic E-state index is -0.645. The lowest BCUT2D eigenvalue weighted by Gasteiger charge is -2.33. The molecular formula is C22H39IN4O3. The predicted molar refractivity (Wildman–Crippen MR) is 133 cm³/mol. The number of rotatable bonds is 11. The van der Waals surface area contributed by atoms with Crippen LogP contribution in [0, 0.1) is 6.92 Å². The van der Waals surface area contributed by atoms with Crippen molar-refractivity contribution in [3.05, 3.63) is 29.8 Å². The van der Waals surface area contributed by atoms with Gasteiger partial charge < -0.3 is 30.1 Å². The summed E-state index contributed by atoms with van der Waals surface area (Å²) >= 11 is 0. The zero-order valence-corrected chi connectivity index (χ0v) is 20.9. The zero-order valence-electron chi connectivity index (χ0n) is 18.6. The number of piperidine rings is 1. The van der Waals surface area contributed by atoms with Crippen LogP contribution in [0.15, 0.2) is 29.3 Å². The number of guanidine groups is 1. The Morgan fingerprint density at radius 1 is 1.33 bits per heavy atom. The molecule has 0 saturated carbocycles. The van der Waals surface area contributed by atoms with Crippen molar-refractivity contribution < 1.29 is 14.6 Å². The number of nitrogens with zero attached hydrogens (tertiary/aromatic N) is 2. The van der Waals surface area contributed by atoms with Crippen LogP contribution in [0.2, 0.25) is 0 Å². The molecule has 1 atom stereocenters. The normalized spacial score (nSPS) is 16.6. The largest absolute Gasteiger partial charge is 0.491 e. The molecule has 1 aromatic rings. The number of hydrogen-bond donors (Lipinski definition) is 3. The van der Waals surface area contributed by atoms with Crippen molar-refractivity contribution in [2.45, 2.75) is 45.3 Å². The third kappa shape index (κ3) is 10.8. The molecule has 0 bridgehead atoms. The summed E-state index contributed by atoms with van der Waals surface area (Å²) in [6, 6.07) is 8.24. The minimum Gasteiger partial charge on any atom is -0.491 e. The molecule has 1 heterocycles. The van der Waals surface area contributed by atoms with Gasteiger partial charge in [0.15, 0.2) is 5.96 Å². The minimum absolute atomic E-state index is 0. The first-order valence-electron chi connectivity index (χ1n) is 10.7. The van der Waals surface area contributed by atoms with E-state index in [0.29, 0.717) is 12.6 Å². The van der Waals surface area contributed by atoms with Crippen molar-refractivity contribution in [2.24, 2.45) is 4.99 Å². The van der Waals surface area contributed by atoms with Crippen molar-refractivity contribution in [1.82, 2.24) is 15.5 Å². The van der Waals surface area contributed by atoms with E-state index >= 15 is 0 Å². The second-order valence-electron chi connectivity index (χ2n) is 7.61. The molecule has 1 saturated heterocycles. The fourth-order valence-corrected chi connectivity index (χ4v) is 3.39. The average molecular weight is 534 g/mol. The standard InChI is InChI=1S/C22H38N4O3.HI/c1-4-23-22(25-19-9-12-26(13-10-19)11-6-14-28-3)24-16-20(27)17-29-21-8-5-7-18(2)15-21;/h5,7-8,15,19-20,27H,4,6,9-14,16-17H2,1-3H3,(H2,23,24,25);1H. The highest BCUT2D eigenvalue weighted by molar-refractivity contribution is 14.0. The summed E-state index contributed by atoms with van der Waals surface area (Å²) in [6.45, 7) is 9.49. The van der Waals surface area contributed by atoms with Gasteiger partial charge in [-0.15, -0.1) is 24.0 Å². The number of halogens is 1. The smallest absolute Gasteiger partial charge is 0.191 e. The van der Waals surface area contributed by atoms with Gasteiger partial charge in [-0.3, -0.25) is 4.99 Å². The third-order valence-electron chi connectivity index (χ3n) is 4.99. The van der Waals surface area contributed by atoms with E-state index in [0.717, 1.165) is 69.3 Å². The first kappa shape index (κ1) is 26.9. The molecule has 0 aliphatic carbocycles. The number of benzene rings is 1. The molecule has 0 radical (unpaired) electrons. The van der Waals surface area contributed by atoms with E-state index in [1.165, 1.54) is 0 Å². The van der Waals surface area contributed by atoms with Gasteiger partial charge in [-0.2, -0.15) is 0 Å². The van der Waals surface area contributed by atoms with Crippen LogP contribution in [0.4, 0.5) is 0 Å². The number of aliphatic hydroxyl groups is 1. The van der Waals surface area contributed by atoms with Gasteiger partial charge in [-0.1, -0.05) is 12.1 Å². The van der Waals surface area contributed by atoms with Gasteiger partial charge in [-0.05, 0) is 50.8 Å². The van der Waals surface area contributed by atoms with E-state index in [2.05, 4.69) is 20.5 Å². The summed E-state index contributed by atoms with van der Waals surface area (Å²) in [5.74, 6) is 1.54. The van der Waals surface area contributed by atoms with Gasteiger partial charge in [0.2, 0.25) is 0 Å². The Morgan fingerprint density at radius 3 is 2.77 bits per heavy atom. The molecule has 0 amide bonds. The predicted octanol–water partition coefficient (Wildman–Crippen LogP) is 2.41. The molecule has 7 nitrogen and oxygen atoms in total. The molecule has 0 spiro atoms. The van der Waals surface area contributed by atoms with Gasteiger partial charge in [0.25, 0.3) is 0 Å². The molecule has 1 fully saturated rings. The number of likely N-dealkylation sites (tertiary alicyclic amines) is 1. The topological polar surface area (TPSA) is 78.4 Å². The van der Waals surface area contributed by atoms with Crippen LogP contribution in [0.25, 0.3) is 0 Å². The third-order valence-corrected chi connectivity index (χ3v) is 4.99. The summed E-state index contributed by atoms with van der Waals surface area (Å²) in [5.41, 5.74) is 1.14. The van der Waals surface area contributed by atoms with E-state index < -0.39 is 6.10 Å². The van der Waals surface area contributed by atoms with Crippen molar-refractivity contribution in [2.75, 3.05) is 53.0 Å². The SMILES string of the molecule is CCNC(=NCC(O)COc1cccc(C)c1)NC1CCN(CCCOC)CC1.I. The van der Waals surface area contributed by atoms with Crippen LogP contribution in [-0.4, -0.2) is 81.2 Å². The quantitative estimate of drug-likeness (QED) is 0.175. The van der Waals surface area contributed by atoms with Gasteiger partial charge in [0.1, 0.15) is 18.5 Å². The lowest BCUT2D eigenvalue weighted by molar-refractivity contribution is 0.114.